The Kier molecular flexibility index (Phi) is 4.17. The summed E-state index contributed by atoms with van der Waals surface area (Å²) in [5.74, 6) is 0.0534. The number of likely N-dealkylation sites (N-methyl/N-ethyl adjacent to an activating group) is 1. The van der Waals surface area contributed by atoms with Gasteiger partial charge in [-0.2, -0.15) is 0 Å². The van der Waals surface area contributed by atoms with Crippen LogP contribution in [0, 0.1) is 0 Å². The van der Waals surface area contributed by atoms with Crippen molar-refractivity contribution in [1.29, 1.82) is 0 Å². The van der Waals surface area contributed by atoms with E-state index in [-0.39, 0.29) is 6.04 Å². The fraction of sp³-hybridized carbons (Fsp3) is 0.467. The Hall–Kier alpha value is -1.53. The van der Waals surface area contributed by atoms with Crippen molar-refractivity contribution < 1.29 is 9.90 Å². The van der Waals surface area contributed by atoms with Gasteiger partial charge in [-0.25, -0.2) is 4.79 Å². The van der Waals surface area contributed by atoms with E-state index in [0.29, 0.717) is 5.56 Å². The molecule has 5 nitrogen and oxygen atoms in total. The molecular formula is C15H19N3O2S. The van der Waals surface area contributed by atoms with Crippen LogP contribution in [0.15, 0.2) is 29.3 Å². The van der Waals surface area contributed by atoms with Crippen LogP contribution >= 0.6 is 11.8 Å². The minimum absolute atomic E-state index is 0.146. The lowest BCUT2D eigenvalue weighted by atomic mass is 10.1. The van der Waals surface area contributed by atoms with Gasteiger partial charge in [0.05, 0.1) is 11.6 Å². The summed E-state index contributed by atoms with van der Waals surface area (Å²) in [6.07, 6.45) is 0. The molecule has 21 heavy (non-hydrogen) atoms. The van der Waals surface area contributed by atoms with Crippen LogP contribution in [0.4, 0.5) is 0 Å². The van der Waals surface area contributed by atoms with E-state index >= 15 is 0 Å². The highest BCUT2D eigenvalue weighted by atomic mass is 32.2. The number of hydrogen-bond acceptors (Lipinski definition) is 5. The number of aliphatic imine (C=N–C) groups is 1. The first kappa shape index (κ1) is 14.4. The molecule has 1 aromatic carbocycles. The standard InChI is InChI=1S/C15H19N3O2S/c1-17-6-8-18(9-7-17)15-16-13(10-21-15)11-2-4-12(5-3-11)14(19)20/h2-5,13H,6-10H2,1H3,(H,19,20). The van der Waals surface area contributed by atoms with Crippen LogP contribution in [-0.2, 0) is 0 Å². The Morgan fingerprint density at radius 1 is 1.24 bits per heavy atom. The topological polar surface area (TPSA) is 56.1 Å². The molecule has 112 valence electrons. The Morgan fingerprint density at radius 3 is 2.52 bits per heavy atom. The van der Waals surface area contributed by atoms with Gasteiger partial charge in [-0.1, -0.05) is 23.9 Å². The van der Waals surface area contributed by atoms with Crippen molar-refractivity contribution in [3.63, 3.8) is 0 Å². The molecule has 0 aliphatic carbocycles. The normalized spacial score (nSPS) is 23.2. The SMILES string of the molecule is CN1CCN(C2=NC(c3ccc(C(=O)O)cc3)CS2)CC1. The molecule has 0 spiro atoms. The zero-order chi connectivity index (χ0) is 14.8. The van der Waals surface area contributed by atoms with Crippen LogP contribution in [0.25, 0.3) is 0 Å². The molecule has 2 aliphatic rings. The monoisotopic (exact) mass is 305 g/mol. The number of carboxylic acid groups (broad SMARTS) is 1. The zero-order valence-electron chi connectivity index (χ0n) is 12.0. The van der Waals surface area contributed by atoms with E-state index in [9.17, 15) is 4.79 Å². The number of hydrogen-bond donors (Lipinski definition) is 1. The molecule has 6 heteroatoms. The van der Waals surface area contributed by atoms with Gasteiger partial charge in [0.15, 0.2) is 5.17 Å². The van der Waals surface area contributed by atoms with E-state index in [0.717, 1.165) is 42.7 Å². The average Bonchev–Trinajstić information content (AvgIpc) is 2.98. The lowest BCUT2D eigenvalue weighted by Gasteiger charge is -2.33. The summed E-state index contributed by atoms with van der Waals surface area (Å²) in [6, 6.07) is 7.22. The molecule has 1 saturated heterocycles. The van der Waals surface area contributed by atoms with E-state index in [4.69, 9.17) is 10.1 Å². The van der Waals surface area contributed by atoms with Gasteiger partial charge in [-0.05, 0) is 24.7 Å². The molecule has 2 heterocycles. The van der Waals surface area contributed by atoms with Crippen LogP contribution in [0.3, 0.4) is 0 Å². The number of amidine groups is 1. The van der Waals surface area contributed by atoms with Gasteiger partial charge in [-0.3, -0.25) is 4.99 Å². The van der Waals surface area contributed by atoms with Crippen molar-refractivity contribution in [3.05, 3.63) is 35.4 Å². The van der Waals surface area contributed by atoms with Crippen molar-refractivity contribution in [2.75, 3.05) is 39.0 Å². The number of benzene rings is 1. The lowest BCUT2D eigenvalue weighted by Crippen LogP contribution is -2.46. The number of piperazine rings is 1. The molecule has 0 radical (unpaired) electrons. The van der Waals surface area contributed by atoms with Crippen LogP contribution < -0.4 is 0 Å². The third-order valence-corrected chi connectivity index (χ3v) is 5.06. The van der Waals surface area contributed by atoms with Crippen LogP contribution in [0.2, 0.25) is 0 Å². The first-order chi connectivity index (χ1) is 10.1. The van der Waals surface area contributed by atoms with Crippen molar-refractivity contribution >= 4 is 22.9 Å². The smallest absolute Gasteiger partial charge is 0.335 e. The van der Waals surface area contributed by atoms with Crippen molar-refractivity contribution in [1.82, 2.24) is 9.80 Å². The summed E-state index contributed by atoms with van der Waals surface area (Å²) in [6.45, 7) is 4.23. The van der Waals surface area contributed by atoms with Gasteiger partial charge in [0.1, 0.15) is 0 Å². The largest absolute Gasteiger partial charge is 0.478 e. The molecule has 0 saturated carbocycles. The summed E-state index contributed by atoms with van der Waals surface area (Å²) in [7, 11) is 2.15. The van der Waals surface area contributed by atoms with E-state index in [1.54, 1.807) is 23.9 Å². The summed E-state index contributed by atoms with van der Waals surface area (Å²) in [5, 5.41) is 10.1. The lowest BCUT2D eigenvalue weighted by molar-refractivity contribution is 0.0697. The summed E-state index contributed by atoms with van der Waals surface area (Å²) in [5.41, 5.74) is 1.42. The van der Waals surface area contributed by atoms with E-state index in [1.807, 2.05) is 12.1 Å². The highest BCUT2D eigenvalue weighted by molar-refractivity contribution is 8.14. The number of carboxylic acids is 1. The van der Waals surface area contributed by atoms with Crippen LogP contribution in [-0.4, -0.2) is 65.0 Å². The molecule has 0 amide bonds. The number of aromatic carboxylic acids is 1. The first-order valence-electron chi connectivity index (χ1n) is 7.11. The van der Waals surface area contributed by atoms with Gasteiger partial charge in [-0.15, -0.1) is 0 Å². The van der Waals surface area contributed by atoms with E-state index in [2.05, 4.69) is 16.8 Å². The third kappa shape index (κ3) is 3.22. The Bertz CT molecular complexity index is 551. The molecule has 1 fully saturated rings. The minimum atomic E-state index is -0.885. The van der Waals surface area contributed by atoms with Gasteiger partial charge >= 0.3 is 5.97 Å². The van der Waals surface area contributed by atoms with Crippen molar-refractivity contribution in [3.8, 4) is 0 Å². The van der Waals surface area contributed by atoms with Gasteiger partial charge in [0, 0.05) is 31.9 Å². The highest BCUT2D eigenvalue weighted by Gasteiger charge is 2.25. The molecule has 0 bridgehead atoms. The summed E-state index contributed by atoms with van der Waals surface area (Å²) in [4.78, 5) is 20.4. The van der Waals surface area contributed by atoms with Crippen molar-refractivity contribution in [2.24, 2.45) is 4.99 Å². The Morgan fingerprint density at radius 2 is 1.90 bits per heavy atom. The number of thioether (sulfide) groups is 1. The minimum Gasteiger partial charge on any atom is -0.478 e. The van der Waals surface area contributed by atoms with E-state index in [1.165, 1.54) is 0 Å². The average molecular weight is 305 g/mol. The van der Waals surface area contributed by atoms with Crippen molar-refractivity contribution in [2.45, 2.75) is 6.04 Å². The second-order valence-electron chi connectivity index (χ2n) is 5.46. The molecule has 1 aromatic rings. The quantitative estimate of drug-likeness (QED) is 0.902. The van der Waals surface area contributed by atoms with E-state index < -0.39 is 5.97 Å². The first-order valence-corrected chi connectivity index (χ1v) is 8.09. The van der Waals surface area contributed by atoms with Gasteiger partial charge in [0.2, 0.25) is 0 Å². The molecule has 1 atom stereocenters. The predicted molar refractivity (Wildman–Crippen MR) is 85.1 cm³/mol. The second-order valence-corrected chi connectivity index (χ2v) is 6.44. The Labute approximate surface area is 128 Å². The summed E-state index contributed by atoms with van der Waals surface area (Å²) < 4.78 is 0. The molecule has 2 aliphatic heterocycles. The molecule has 0 aromatic heterocycles. The molecule has 1 N–H and O–H groups in total. The van der Waals surface area contributed by atoms with Gasteiger partial charge in [0.25, 0.3) is 0 Å². The third-order valence-electron chi connectivity index (χ3n) is 3.95. The second kappa shape index (κ2) is 6.07. The molecule has 1 unspecified atom stereocenters. The maximum atomic E-state index is 10.9. The fourth-order valence-corrected chi connectivity index (χ4v) is 3.69. The number of carbonyl (C=O) groups is 1. The van der Waals surface area contributed by atoms with Gasteiger partial charge < -0.3 is 14.9 Å². The Balaban J connectivity index is 1.69. The number of rotatable bonds is 2. The predicted octanol–water partition coefficient (Wildman–Crippen LogP) is 1.78. The van der Waals surface area contributed by atoms with Crippen LogP contribution in [0.1, 0.15) is 22.0 Å². The van der Waals surface area contributed by atoms with Crippen LogP contribution in [0.5, 0.6) is 0 Å². The summed E-state index contributed by atoms with van der Waals surface area (Å²) >= 11 is 1.80. The number of nitrogens with zero attached hydrogens (tertiary/aromatic N) is 3. The molecule has 3 rings (SSSR count). The highest BCUT2D eigenvalue weighted by Crippen LogP contribution is 2.32. The fourth-order valence-electron chi connectivity index (χ4n) is 2.55. The molecular weight excluding hydrogens is 286 g/mol. The maximum absolute atomic E-state index is 10.9. The zero-order valence-corrected chi connectivity index (χ0v) is 12.8. The maximum Gasteiger partial charge on any atom is 0.335 e.